The number of aryl methyl sites for hydroxylation is 1. The van der Waals surface area contributed by atoms with E-state index in [1.165, 1.54) is 13.2 Å². The third kappa shape index (κ3) is 7.30. The average Bonchev–Trinajstić information content (AvgIpc) is 3.54. The summed E-state index contributed by atoms with van der Waals surface area (Å²) in [4.78, 5) is 13.2. The lowest BCUT2D eigenvalue weighted by atomic mass is 10.1. The van der Waals surface area contributed by atoms with Gasteiger partial charge in [-0.25, -0.2) is 28.1 Å². The number of benzene rings is 2. The van der Waals surface area contributed by atoms with Gasteiger partial charge >= 0.3 is 0 Å². The molecule has 0 aliphatic carbocycles. The molecule has 218 valence electrons. The minimum atomic E-state index is -3.77. The lowest BCUT2D eigenvalue weighted by Gasteiger charge is -2.23. The summed E-state index contributed by atoms with van der Waals surface area (Å²) in [7, 11) is -2.33. The minimum Gasteiger partial charge on any atom is -0.495 e. The molecule has 1 aliphatic heterocycles. The van der Waals surface area contributed by atoms with Crippen molar-refractivity contribution in [2.45, 2.75) is 43.2 Å². The Morgan fingerprint density at radius 1 is 1.12 bits per heavy atom. The van der Waals surface area contributed by atoms with Gasteiger partial charge in [-0.1, -0.05) is 6.07 Å². The van der Waals surface area contributed by atoms with Crippen LogP contribution in [-0.2, 0) is 27.7 Å². The largest absolute Gasteiger partial charge is 0.495 e. The molecule has 0 amide bonds. The molecule has 0 radical (unpaired) electrons. The van der Waals surface area contributed by atoms with E-state index in [9.17, 15) is 13.7 Å². The van der Waals surface area contributed by atoms with Crippen molar-refractivity contribution in [1.29, 1.82) is 5.26 Å². The molecular weight excluding hydrogens is 556 g/mol. The molecule has 0 unspecified atom stereocenters. The summed E-state index contributed by atoms with van der Waals surface area (Å²) >= 11 is 0. The van der Waals surface area contributed by atoms with Crippen LogP contribution >= 0.6 is 0 Å². The zero-order valence-electron chi connectivity index (χ0n) is 23.3. The van der Waals surface area contributed by atoms with E-state index in [0.717, 1.165) is 24.0 Å². The van der Waals surface area contributed by atoms with Crippen molar-refractivity contribution in [3.63, 3.8) is 0 Å². The number of imidazole rings is 1. The Morgan fingerprint density at radius 2 is 1.98 bits per heavy atom. The summed E-state index contributed by atoms with van der Waals surface area (Å²) in [5.74, 6) is 1.34. The second-order valence-electron chi connectivity index (χ2n) is 9.82. The van der Waals surface area contributed by atoms with Crippen molar-refractivity contribution in [1.82, 2.24) is 24.2 Å². The second kappa shape index (κ2) is 13.6. The number of hydrogen-bond acceptors (Lipinski definition) is 9. The van der Waals surface area contributed by atoms with E-state index in [4.69, 9.17) is 19.2 Å². The van der Waals surface area contributed by atoms with E-state index in [1.807, 2.05) is 16.8 Å². The Kier molecular flexibility index (Phi) is 9.43. The van der Waals surface area contributed by atoms with Gasteiger partial charge in [0.15, 0.2) is 0 Å². The predicted octanol–water partition coefficient (Wildman–Crippen LogP) is 3.74. The molecule has 3 heterocycles. The van der Waals surface area contributed by atoms with Crippen LogP contribution in [0.2, 0.25) is 0 Å². The van der Waals surface area contributed by atoms with Crippen molar-refractivity contribution < 1.29 is 22.6 Å². The molecule has 1 N–H and O–H groups in total. The highest BCUT2D eigenvalue weighted by Gasteiger charge is 2.20. The molecule has 12 heteroatoms. The van der Waals surface area contributed by atoms with Crippen molar-refractivity contribution in [3.05, 3.63) is 84.3 Å². The first-order valence-corrected chi connectivity index (χ1v) is 15.2. The highest BCUT2D eigenvalue weighted by molar-refractivity contribution is 7.89. The normalized spacial score (nSPS) is 13.9. The number of rotatable bonds is 12. The topological polar surface area (TPSA) is 141 Å². The van der Waals surface area contributed by atoms with Crippen LogP contribution < -0.4 is 14.2 Å². The van der Waals surface area contributed by atoms with Gasteiger partial charge in [0, 0.05) is 56.5 Å². The number of aromatic nitrogens is 4. The quantitative estimate of drug-likeness (QED) is 0.245. The first-order valence-electron chi connectivity index (χ1n) is 13.7. The van der Waals surface area contributed by atoms with Gasteiger partial charge < -0.3 is 18.8 Å². The molecule has 0 saturated carbocycles. The second-order valence-corrected chi connectivity index (χ2v) is 11.6. The lowest BCUT2D eigenvalue weighted by Crippen LogP contribution is -2.26. The zero-order chi connectivity index (χ0) is 29.4. The molecule has 42 heavy (non-hydrogen) atoms. The van der Waals surface area contributed by atoms with Crippen molar-refractivity contribution in [3.8, 4) is 28.8 Å². The number of nitrogens with one attached hydrogen (secondary N) is 1. The Morgan fingerprint density at radius 3 is 2.74 bits per heavy atom. The summed E-state index contributed by atoms with van der Waals surface area (Å²) in [6.45, 7) is 2.25. The highest BCUT2D eigenvalue weighted by Crippen LogP contribution is 2.29. The van der Waals surface area contributed by atoms with Crippen molar-refractivity contribution in [2.75, 3.05) is 26.9 Å². The average molecular weight is 589 g/mol. The highest BCUT2D eigenvalue weighted by atomic mass is 32.2. The standard InChI is InChI=1S/C30H32N6O5S/c1-39-28-17-22(3-6-29(28)42(37,38)34-10-2-13-36-14-12-32-21-36)18-30-33-11-7-26(35-30)23-4-5-27(24(19-23)20-31)41-25-8-15-40-16-9-25/h3-7,11-12,14,17,19,21,25,34H,2,8-10,13,15-16,18H2,1H3. The molecule has 0 bridgehead atoms. The van der Waals surface area contributed by atoms with E-state index in [-0.39, 0.29) is 23.3 Å². The molecule has 2 aromatic heterocycles. The maximum Gasteiger partial charge on any atom is 0.244 e. The monoisotopic (exact) mass is 588 g/mol. The van der Waals surface area contributed by atoms with E-state index in [2.05, 4.69) is 20.8 Å². The Hall–Kier alpha value is -4.31. The summed E-state index contributed by atoms with van der Waals surface area (Å²) in [6.07, 6.45) is 9.47. The van der Waals surface area contributed by atoms with Gasteiger partial charge in [0.1, 0.15) is 34.4 Å². The molecule has 1 fully saturated rings. The van der Waals surface area contributed by atoms with Gasteiger partial charge in [-0.05, 0) is 48.4 Å². The molecule has 2 aromatic carbocycles. The van der Waals surface area contributed by atoms with Crippen LogP contribution in [-0.4, -0.2) is 60.9 Å². The number of sulfonamides is 1. The molecular formula is C30H32N6O5S. The van der Waals surface area contributed by atoms with Crippen LogP contribution in [0.4, 0.5) is 0 Å². The SMILES string of the molecule is COc1cc(Cc2nccc(-c3ccc(OC4CCOCC4)c(C#N)c3)n2)ccc1S(=O)(=O)NCCCn1ccnc1. The first-order chi connectivity index (χ1) is 20.4. The summed E-state index contributed by atoms with van der Waals surface area (Å²) in [5.41, 5.74) is 2.67. The molecule has 5 rings (SSSR count). The molecule has 11 nitrogen and oxygen atoms in total. The van der Waals surface area contributed by atoms with Crippen LogP contribution in [0.15, 0.2) is 72.3 Å². The van der Waals surface area contributed by atoms with E-state index in [1.54, 1.807) is 49.1 Å². The number of methoxy groups -OCH3 is 1. The van der Waals surface area contributed by atoms with Crippen LogP contribution in [0.1, 0.15) is 36.2 Å². The van der Waals surface area contributed by atoms with Gasteiger partial charge in [-0.15, -0.1) is 0 Å². The van der Waals surface area contributed by atoms with E-state index in [0.29, 0.717) is 55.4 Å². The smallest absolute Gasteiger partial charge is 0.244 e. The number of nitriles is 1. The van der Waals surface area contributed by atoms with Gasteiger partial charge in [-0.3, -0.25) is 0 Å². The number of hydrogen-bond donors (Lipinski definition) is 1. The molecule has 0 atom stereocenters. The summed E-state index contributed by atoms with van der Waals surface area (Å²) < 4.78 is 47.3. The van der Waals surface area contributed by atoms with Crippen molar-refractivity contribution in [2.24, 2.45) is 0 Å². The molecule has 4 aromatic rings. The fourth-order valence-corrected chi connectivity index (χ4v) is 5.91. The third-order valence-electron chi connectivity index (χ3n) is 6.89. The van der Waals surface area contributed by atoms with Crippen LogP contribution in [0.25, 0.3) is 11.3 Å². The Labute approximate surface area is 245 Å². The molecule has 1 saturated heterocycles. The lowest BCUT2D eigenvalue weighted by molar-refractivity contribution is 0.0254. The summed E-state index contributed by atoms with van der Waals surface area (Å²) in [6, 6.07) is 14.4. The third-order valence-corrected chi connectivity index (χ3v) is 8.39. The number of ether oxygens (including phenoxy) is 3. The van der Waals surface area contributed by atoms with Crippen LogP contribution in [0.3, 0.4) is 0 Å². The van der Waals surface area contributed by atoms with Crippen LogP contribution in [0, 0.1) is 11.3 Å². The van der Waals surface area contributed by atoms with Gasteiger partial charge in [-0.2, -0.15) is 5.26 Å². The predicted molar refractivity (Wildman–Crippen MR) is 154 cm³/mol. The van der Waals surface area contributed by atoms with Gasteiger partial charge in [0.25, 0.3) is 0 Å². The first kappa shape index (κ1) is 29.2. The fourth-order valence-electron chi connectivity index (χ4n) is 4.69. The fraction of sp³-hybridized carbons (Fsp3) is 0.333. The Balaban J connectivity index is 1.27. The van der Waals surface area contributed by atoms with E-state index < -0.39 is 10.0 Å². The van der Waals surface area contributed by atoms with E-state index >= 15 is 0 Å². The maximum atomic E-state index is 13.0. The Bertz CT molecular complexity index is 1650. The van der Waals surface area contributed by atoms with Crippen LogP contribution in [0.5, 0.6) is 11.5 Å². The minimum absolute atomic E-state index is 0.0318. The van der Waals surface area contributed by atoms with Gasteiger partial charge in [0.05, 0.1) is 37.9 Å². The molecule has 0 spiro atoms. The summed E-state index contributed by atoms with van der Waals surface area (Å²) in [5, 5.41) is 9.75. The van der Waals surface area contributed by atoms with Gasteiger partial charge in [0.2, 0.25) is 10.0 Å². The van der Waals surface area contributed by atoms with Crippen molar-refractivity contribution >= 4 is 10.0 Å². The maximum absolute atomic E-state index is 13.0. The number of nitrogens with zero attached hydrogens (tertiary/aromatic N) is 5. The zero-order valence-corrected chi connectivity index (χ0v) is 24.1. The molecule has 1 aliphatic rings.